The van der Waals surface area contributed by atoms with Crippen LogP contribution >= 0.6 is 11.6 Å². The summed E-state index contributed by atoms with van der Waals surface area (Å²) in [6.07, 6.45) is 0. The first-order chi connectivity index (χ1) is 8.44. The second-order valence-electron chi connectivity index (χ2n) is 3.48. The van der Waals surface area contributed by atoms with Crippen LogP contribution in [0.15, 0.2) is 23.1 Å². The molecule has 102 valence electrons. The zero-order chi connectivity index (χ0) is 13.8. The number of benzene rings is 1. The number of rotatable bonds is 6. The molecule has 0 spiro atoms. The van der Waals surface area contributed by atoms with Crippen molar-refractivity contribution in [1.29, 1.82) is 0 Å². The molecule has 6 nitrogen and oxygen atoms in total. The van der Waals surface area contributed by atoms with Crippen molar-refractivity contribution in [2.75, 3.05) is 20.3 Å². The Morgan fingerprint density at radius 1 is 1.39 bits per heavy atom. The molecule has 0 amide bonds. The van der Waals surface area contributed by atoms with Crippen molar-refractivity contribution < 1.29 is 23.4 Å². The second-order valence-corrected chi connectivity index (χ2v) is 5.60. The third-order valence-corrected chi connectivity index (χ3v) is 3.97. The van der Waals surface area contributed by atoms with Crippen molar-refractivity contribution >= 4 is 21.6 Å². The first-order valence-electron chi connectivity index (χ1n) is 5.02. The van der Waals surface area contributed by atoms with Gasteiger partial charge in [-0.15, -0.1) is 0 Å². The van der Waals surface area contributed by atoms with Crippen molar-refractivity contribution in [1.82, 2.24) is 4.72 Å². The number of aliphatic hydroxyl groups excluding tert-OH is 2. The van der Waals surface area contributed by atoms with E-state index in [1.165, 1.54) is 25.3 Å². The molecule has 0 heterocycles. The Hall–Kier alpha value is -0.860. The maximum Gasteiger partial charge on any atom is 0.244 e. The van der Waals surface area contributed by atoms with Crippen LogP contribution in [0.2, 0.25) is 5.02 Å². The Morgan fingerprint density at radius 2 is 2.00 bits per heavy atom. The van der Waals surface area contributed by atoms with Crippen molar-refractivity contribution in [2.24, 2.45) is 0 Å². The van der Waals surface area contributed by atoms with Gasteiger partial charge in [-0.25, -0.2) is 13.1 Å². The van der Waals surface area contributed by atoms with E-state index in [2.05, 4.69) is 4.72 Å². The summed E-state index contributed by atoms with van der Waals surface area (Å²) in [5, 5.41) is 18.1. The van der Waals surface area contributed by atoms with Crippen LogP contribution in [0.3, 0.4) is 0 Å². The number of ether oxygens (including phenoxy) is 1. The summed E-state index contributed by atoms with van der Waals surface area (Å²) in [5.74, 6) is 0.0876. The average molecular weight is 296 g/mol. The summed E-state index contributed by atoms with van der Waals surface area (Å²) in [7, 11) is -2.58. The molecule has 0 fully saturated rings. The monoisotopic (exact) mass is 295 g/mol. The summed E-state index contributed by atoms with van der Waals surface area (Å²) >= 11 is 5.73. The standard InChI is InChI=1S/C10H14ClNO5S/c1-17-9-4-7(11)2-3-10(9)18(15,16)12-8(5-13)6-14/h2-4,8,12-14H,5-6H2,1H3. The Balaban J connectivity index is 3.12. The quantitative estimate of drug-likeness (QED) is 0.685. The number of methoxy groups -OCH3 is 1. The summed E-state index contributed by atoms with van der Waals surface area (Å²) in [4.78, 5) is -0.110. The van der Waals surface area contributed by atoms with E-state index in [1.54, 1.807) is 0 Å². The number of nitrogens with one attached hydrogen (secondary N) is 1. The molecule has 0 saturated carbocycles. The highest BCUT2D eigenvalue weighted by Crippen LogP contribution is 2.27. The van der Waals surface area contributed by atoms with E-state index in [0.717, 1.165) is 0 Å². The van der Waals surface area contributed by atoms with Crippen LogP contribution in [0.4, 0.5) is 0 Å². The van der Waals surface area contributed by atoms with Crippen molar-refractivity contribution in [3.05, 3.63) is 23.2 Å². The van der Waals surface area contributed by atoms with E-state index in [0.29, 0.717) is 5.02 Å². The van der Waals surface area contributed by atoms with E-state index in [-0.39, 0.29) is 10.6 Å². The van der Waals surface area contributed by atoms with Crippen LogP contribution in [0, 0.1) is 0 Å². The van der Waals surface area contributed by atoms with Gasteiger partial charge in [0.15, 0.2) is 0 Å². The predicted octanol–water partition coefficient (Wildman–Crippen LogP) is -0.0199. The molecule has 18 heavy (non-hydrogen) atoms. The van der Waals surface area contributed by atoms with Gasteiger partial charge in [-0.2, -0.15) is 0 Å². The predicted molar refractivity (Wildman–Crippen MR) is 66.3 cm³/mol. The topological polar surface area (TPSA) is 95.9 Å². The van der Waals surface area contributed by atoms with Crippen molar-refractivity contribution in [2.45, 2.75) is 10.9 Å². The van der Waals surface area contributed by atoms with Gasteiger partial charge in [-0.05, 0) is 12.1 Å². The fraction of sp³-hybridized carbons (Fsp3) is 0.400. The van der Waals surface area contributed by atoms with E-state index < -0.39 is 29.3 Å². The minimum Gasteiger partial charge on any atom is -0.495 e. The highest BCUT2D eigenvalue weighted by atomic mass is 35.5. The Labute approximate surface area is 110 Å². The van der Waals surface area contributed by atoms with Crippen LogP contribution in [-0.4, -0.2) is 45.0 Å². The number of sulfonamides is 1. The molecule has 0 saturated heterocycles. The molecule has 0 aromatic heterocycles. The smallest absolute Gasteiger partial charge is 0.244 e. The maximum atomic E-state index is 12.0. The fourth-order valence-electron chi connectivity index (χ4n) is 1.28. The largest absolute Gasteiger partial charge is 0.495 e. The molecule has 1 aromatic rings. The molecule has 0 atom stereocenters. The van der Waals surface area contributed by atoms with Crippen LogP contribution < -0.4 is 9.46 Å². The molecule has 1 rings (SSSR count). The average Bonchev–Trinajstić information content (AvgIpc) is 2.35. The van der Waals surface area contributed by atoms with Crippen molar-refractivity contribution in [3.63, 3.8) is 0 Å². The second kappa shape index (κ2) is 6.35. The summed E-state index contributed by atoms with van der Waals surface area (Å²) < 4.78 is 31.1. The molecule has 0 bridgehead atoms. The summed E-state index contributed by atoms with van der Waals surface area (Å²) in [6.45, 7) is -1.02. The lowest BCUT2D eigenvalue weighted by Crippen LogP contribution is -2.40. The van der Waals surface area contributed by atoms with Gasteiger partial charge in [0.1, 0.15) is 10.6 Å². The lowest BCUT2D eigenvalue weighted by molar-refractivity contribution is 0.185. The number of hydrogen-bond donors (Lipinski definition) is 3. The maximum absolute atomic E-state index is 12.0. The molecule has 1 aromatic carbocycles. The van der Waals surface area contributed by atoms with Crippen LogP contribution in [-0.2, 0) is 10.0 Å². The lowest BCUT2D eigenvalue weighted by Gasteiger charge is -2.15. The molecule has 0 radical (unpaired) electrons. The van der Waals surface area contributed by atoms with E-state index >= 15 is 0 Å². The molecule has 3 N–H and O–H groups in total. The first-order valence-corrected chi connectivity index (χ1v) is 6.88. The molecular weight excluding hydrogens is 282 g/mol. The summed E-state index contributed by atoms with van der Waals surface area (Å²) in [6, 6.07) is 3.10. The third kappa shape index (κ3) is 3.56. The van der Waals surface area contributed by atoms with Gasteiger partial charge in [0, 0.05) is 11.1 Å². The van der Waals surface area contributed by atoms with Gasteiger partial charge in [0.2, 0.25) is 10.0 Å². The zero-order valence-electron chi connectivity index (χ0n) is 9.63. The van der Waals surface area contributed by atoms with Gasteiger partial charge in [0.05, 0.1) is 26.4 Å². The van der Waals surface area contributed by atoms with Gasteiger partial charge in [-0.1, -0.05) is 11.6 Å². The van der Waals surface area contributed by atoms with Gasteiger partial charge in [0.25, 0.3) is 0 Å². The highest BCUT2D eigenvalue weighted by Gasteiger charge is 2.23. The molecule has 0 unspecified atom stereocenters. The number of hydrogen-bond acceptors (Lipinski definition) is 5. The minimum absolute atomic E-state index is 0.0876. The van der Waals surface area contributed by atoms with E-state index in [9.17, 15) is 8.42 Å². The lowest BCUT2D eigenvalue weighted by atomic mass is 10.3. The molecular formula is C10H14ClNO5S. The van der Waals surface area contributed by atoms with Crippen molar-refractivity contribution in [3.8, 4) is 5.75 Å². The van der Waals surface area contributed by atoms with Gasteiger partial charge < -0.3 is 14.9 Å². The minimum atomic E-state index is -3.90. The van der Waals surface area contributed by atoms with Gasteiger partial charge in [-0.3, -0.25) is 0 Å². The van der Waals surface area contributed by atoms with Gasteiger partial charge >= 0.3 is 0 Å². The fourth-order valence-corrected chi connectivity index (χ4v) is 2.81. The summed E-state index contributed by atoms with van der Waals surface area (Å²) in [5.41, 5.74) is 0. The van der Waals surface area contributed by atoms with E-state index in [4.69, 9.17) is 26.6 Å². The zero-order valence-corrected chi connectivity index (χ0v) is 11.2. The van der Waals surface area contributed by atoms with E-state index in [1.807, 2.05) is 0 Å². The Bertz CT molecular complexity index is 501. The number of aliphatic hydroxyl groups is 2. The third-order valence-electron chi connectivity index (χ3n) is 2.18. The number of halogens is 1. The van der Waals surface area contributed by atoms with Crippen LogP contribution in [0.1, 0.15) is 0 Å². The first kappa shape index (κ1) is 15.2. The highest BCUT2D eigenvalue weighted by molar-refractivity contribution is 7.89. The van der Waals surface area contributed by atoms with Crippen LogP contribution in [0.5, 0.6) is 5.75 Å². The molecule has 8 heteroatoms. The molecule has 0 aliphatic rings. The Morgan fingerprint density at radius 3 is 2.50 bits per heavy atom. The normalized spacial score (nSPS) is 11.8. The molecule has 0 aliphatic carbocycles. The molecule has 0 aliphatic heterocycles. The SMILES string of the molecule is COc1cc(Cl)ccc1S(=O)(=O)NC(CO)CO. The Kier molecular flexibility index (Phi) is 5.36. The van der Waals surface area contributed by atoms with Crippen LogP contribution in [0.25, 0.3) is 0 Å².